The van der Waals surface area contributed by atoms with E-state index in [-0.39, 0.29) is 11.1 Å². The van der Waals surface area contributed by atoms with Crippen molar-refractivity contribution in [3.63, 3.8) is 0 Å². The van der Waals surface area contributed by atoms with E-state index in [9.17, 15) is 9.59 Å². The molecule has 4 nitrogen and oxygen atoms in total. The van der Waals surface area contributed by atoms with Gasteiger partial charge in [-0.05, 0) is 49.7 Å². The Labute approximate surface area is 112 Å². The normalized spacial score (nSPS) is 18.9. The van der Waals surface area contributed by atoms with E-state index < -0.39 is 0 Å². The highest BCUT2D eigenvalue weighted by molar-refractivity contribution is 9.13. The van der Waals surface area contributed by atoms with Crippen molar-refractivity contribution in [1.82, 2.24) is 4.90 Å². The first-order valence-corrected chi connectivity index (χ1v) is 6.55. The SMILES string of the molecule is CN1C(=O)S/C(=C/c2cc(Br)c(Br)o2)C1=O. The first-order valence-electron chi connectivity index (χ1n) is 4.15. The highest BCUT2D eigenvalue weighted by Gasteiger charge is 2.32. The maximum atomic E-state index is 11.6. The monoisotopic (exact) mass is 365 g/mol. The second-order valence-corrected chi connectivity index (χ2v) is 5.58. The van der Waals surface area contributed by atoms with Gasteiger partial charge in [0.15, 0.2) is 4.67 Å². The number of likely N-dealkylation sites (N-methyl/N-ethyl adjacent to an activating group) is 1. The summed E-state index contributed by atoms with van der Waals surface area (Å²) < 4.78 is 6.60. The summed E-state index contributed by atoms with van der Waals surface area (Å²) in [5, 5.41) is -0.277. The van der Waals surface area contributed by atoms with Crippen LogP contribution in [0.1, 0.15) is 5.76 Å². The third-order valence-electron chi connectivity index (χ3n) is 1.92. The number of thioether (sulfide) groups is 1. The molecule has 0 radical (unpaired) electrons. The minimum absolute atomic E-state index is 0.277. The summed E-state index contributed by atoms with van der Waals surface area (Å²) in [4.78, 5) is 24.2. The fourth-order valence-corrected chi connectivity index (χ4v) is 2.52. The van der Waals surface area contributed by atoms with E-state index in [1.165, 1.54) is 7.05 Å². The molecule has 1 fully saturated rings. The fraction of sp³-hybridized carbons (Fsp3) is 0.111. The molecule has 1 aliphatic heterocycles. The largest absolute Gasteiger partial charge is 0.449 e. The molecule has 1 aromatic rings. The van der Waals surface area contributed by atoms with E-state index in [1.807, 2.05) is 0 Å². The zero-order valence-corrected chi connectivity index (χ0v) is 12.0. The van der Waals surface area contributed by atoms with E-state index in [4.69, 9.17) is 4.42 Å². The maximum Gasteiger partial charge on any atom is 0.293 e. The minimum atomic E-state index is -0.307. The Kier molecular flexibility index (Phi) is 3.27. The van der Waals surface area contributed by atoms with Crippen molar-refractivity contribution >= 4 is 60.8 Å². The number of hydrogen-bond donors (Lipinski definition) is 0. The molecule has 2 rings (SSSR count). The maximum absolute atomic E-state index is 11.6. The van der Waals surface area contributed by atoms with Gasteiger partial charge >= 0.3 is 0 Å². The quantitative estimate of drug-likeness (QED) is 0.714. The first-order chi connectivity index (χ1) is 7.49. The van der Waals surface area contributed by atoms with E-state index >= 15 is 0 Å². The van der Waals surface area contributed by atoms with Crippen LogP contribution in [-0.2, 0) is 4.79 Å². The van der Waals surface area contributed by atoms with Gasteiger partial charge in [0.1, 0.15) is 5.76 Å². The molecule has 0 bridgehead atoms. The van der Waals surface area contributed by atoms with Gasteiger partial charge < -0.3 is 4.42 Å². The molecule has 0 spiro atoms. The van der Waals surface area contributed by atoms with Crippen molar-refractivity contribution in [3.8, 4) is 0 Å². The van der Waals surface area contributed by atoms with Crippen molar-refractivity contribution in [2.24, 2.45) is 0 Å². The molecular formula is C9H5Br2NO3S. The van der Waals surface area contributed by atoms with Gasteiger partial charge in [0.25, 0.3) is 11.1 Å². The summed E-state index contributed by atoms with van der Waals surface area (Å²) in [6, 6.07) is 1.72. The number of hydrogen-bond acceptors (Lipinski definition) is 4. The average molecular weight is 367 g/mol. The lowest BCUT2D eigenvalue weighted by Gasteiger charge is -2.00. The van der Waals surface area contributed by atoms with Gasteiger partial charge in [-0.3, -0.25) is 14.5 Å². The second-order valence-electron chi connectivity index (χ2n) is 3.01. The standard InChI is InChI=1S/C9H5Br2NO3S/c1-12-8(13)6(16-9(12)14)3-4-2-5(10)7(11)15-4/h2-3H,1H3/b6-3+. The Balaban J connectivity index is 2.32. The highest BCUT2D eigenvalue weighted by atomic mass is 79.9. The van der Waals surface area contributed by atoms with Crippen molar-refractivity contribution in [3.05, 3.63) is 25.9 Å². The molecule has 2 amide bonds. The van der Waals surface area contributed by atoms with Gasteiger partial charge in [0.05, 0.1) is 9.38 Å². The summed E-state index contributed by atoms with van der Waals surface area (Å²) in [5.74, 6) is 0.205. The molecule has 1 aliphatic rings. The minimum Gasteiger partial charge on any atom is -0.449 e. The molecular weight excluding hydrogens is 362 g/mol. The molecule has 0 aliphatic carbocycles. The molecule has 0 atom stereocenters. The molecule has 0 aromatic carbocycles. The number of carbonyl (C=O) groups is 2. The lowest BCUT2D eigenvalue weighted by Crippen LogP contribution is -2.22. The van der Waals surface area contributed by atoms with Crippen LogP contribution in [-0.4, -0.2) is 23.1 Å². The number of furan rings is 1. The Morgan fingerprint density at radius 2 is 2.12 bits per heavy atom. The molecule has 0 saturated carbocycles. The van der Waals surface area contributed by atoms with Crippen molar-refractivity contribution in [2.75, 3.05) is 7.05 Å². The Morgan fingerprint density at radius 1 is 1.44 bits per heavy atom. The van der Waals surface area contributed by atoms with Gasteiger partial charge in [-0.25, -0.2) is 0 Å². The topological polar surface area (TPSA) is 50.5 Å². The van der Waals surface area contributed by atoms with Gasteiger partial charge in [-0.1, -0.05) is 0 Å². The lowest BCUT2D eigenvalue weighted by atomic mass is 10.4. The Hall–Kier alpha value is -0.530. The van der Waals surface area contributed by atoms with Gasteiger partial charge in [-0.2, -0.15) is 0 Å². The van der Waals surface area contributed by atoms with Crippen LogP contribution < -0.4 is 0 Å². The Bertz CT molecular complexity index is 489. The third-order valence-corrected chi connectivity index (χ3v) is 4.60. The van der Waals surface area contributed by atoms with Crippen LogP contribution in [0.3, 0.4) is 0 Å². The number of imide groups is 1. The van der Waals surface area contributed by atoms with Gasteiger partial charge in [0.2, 0.25) is 0 Å². The lowest BCUT2D eigenvalue weighted by molar-refractivity contribution is -0.121. The molecule has 1 saturated heterocycles. The average Bonchev–Trinajstić information content (AvgIpc) is 2.64. The second kappa shape index (κ2) is 4.38. The van der Waals surface area contributed by atoms with E-state index in [2.05, 4.69) is 31.9 Å². The number of halogens is 2. The fourth-order valence-electron chi connectivity index (χ4n) is 1.11. The summed E-state index contributed by atoms with van der Waals surface area (Å²) in [7, 11) is 1.45. The molecule has 0 N–H and O–H groups in total. The van der Waals surface area contributed by atoms with Gasteiger partial charge in [-0.15, -0.1) is 0 Å². The number of amides is 2. The third kappa shape index (κ3) is 2.11. The van der Waals surface area contributed by atoms with E-state index in [0.29, 0.717) is 15.3 Å². The first kappa shape index (κ1) is 11.9. The smallest absolute Gasteiger partial charge is 0.293 e. The molecule has 2 heterocycles. The molecule has 84 valence electrons. The number of rotatable bonds is 1. The molecule has 16 heavy (non-hydrogen) atoms. The van der Waals surface area contributed by atoms with Crippen LogP contribution in [0.4, 0.5) is 4.79 Å². The number of carbonyl (C=O) groups excluding carboxylic acids is 2. The summed E-state index contributed by atoms with van der Waals surface area (Å²) >= 11 is 7.36. The zero-order chi connectivity index (χ0) is 11.9. The molecule has 1 aromatic heterocycles. The molecule has 0 unspecified atom stereocenters. The predicted octanol–water partition coefficient (Wildman–Crippen LogP) is 3.47. The van der Waals surface area contributed by atoms with E-state index in [0.717, 1.165) is 21.1 Å². The van der Waals surface area contributed by atoms with Crippen molar-refractivity contribution < 1.29 is 14.0 Å². The predicted molar refractivity (Wildman–Crippen MR) is 67.8 cm³/mol. The van der Waals surface area contributed by atoms with Gasteiger partial charge in [0, 0.05) is 13.1 Å². The van der Waals surface area contributed by atoms with Crippen molar-refractivity contribution in [1.29, 1.82) is 0 Å². The summed E-state index contributed by atoms with van der Waals surface area (Å²) in [6.45, 7) is 0. The van der Waals surface area contributed by atoms with Crippen LogP contribution in [0.25, 0.3) is 6.08 Å². The number of nitrogens with zero attached hydrogens (tertiary/aromatic N) is 1. The molecule has 7 heteroatoms. The van der Waals surface area contributed by atoms with E-state index in [1.54, 1.807) is 12.1 Å². The van der Waals surface area contributed by atoms with Crippen LogP contribution in [0, 0.1) is 0 Å². The van der Waals surface area contributed by atoms with Crippen LogP contribution >= 0.6 is 43.6 Å². The van der Waals surface area contributed by atoms with Crippen LogP contribution in [0.15, 0.2) is 24.5 Å². The highest BCUT2D eigenvalue weighted by Crippen LogP contribution is 2.33. The summed E-state index contributed by atoms with van der Waals surface area (Å²) in [6.07, 6.45) is 1.55. The van der Waals surface area contributed by atoms with Crippen LogP contribution in [0.2, 0.25) is 0 Å². The summed E-state index contributed by atoms with van der Waals surface area (Å²) in [5.41, 5.74) is 0. The van der Waals surface area contributed by atoms with Crippen molar-refractivity contribution in [2.45, 2.75) is 0 Å². The van der Waals surface area contributed by atoms with Crippen LogP contribution in [0.5, 0.6) is 0 Å². The zero-order valence-electron chi connectivity index (χ0n) is 7.99. The Morgan fingerprint density at radius 3 is 2.56 bits per heavy atom.